The lowest BCUT2D eigenvalue weighted by molar-refractivity contribution is 0.258. The van der Waals surface area contributed by atoms with Gasteiger partial charge in [-0.1, -0.05) is 0 Å². The maximum atomic E-state index is 10.7. The van der Waals surface area contributed by atoms with Gasteiger partial charge in [-0.3, -0.25) is 9.45 Å². The van der Waals surface area contributed by atoms with Crippen LogP contribution in [-0.4, -0.2) is 63.5 Å². The Bertz CT molecular complexity index is 537. The van der Waals surface area contributed by atoms with Crippen LogP contribution in [-0.2, 0) is 10.1 Å². The van der Waals surface area contributed by atoms with Crippen molar-refractivity contribution in [1.82, 2.24) is 4.90 Å². The summed E-state index contributed by atoms with van der Waals surface area (Å²) in [5.74, 6) is 0.689. The summed E-state index contributed by atoms with van der Waals surface area (Å²) < 4.78 is 35.2. The zero-order chi connectivity index (χ0) is 15.3. The number of methoxy groups -OCH3 is 1. The molecule has 0 amide bonds. The first-order valence-corrected chi connectivity index (χ1v) is 8.65. The molecule has 1 heterocycles. The quantitative estimate of drug-likeness (QED) is 0.793. The fourth-order valence-electron chi connectivity index (χ4n) is 2.49. The summed E-state index contributed by atoms with van der Waals surface area (Å²) in [6.07, 6.45) is 0.474. The Morgan fingerprint density at radius 2 is 1.76 bits per heavy atom. The van der Waals surface area contributed by atoms with Gasteiger partial charge in [0, 0.05) is 31.9 Å². The number of hydrogen-bond donors (Lipinski definition) is 1. The molecule has 0 unspecified atom stereocenters. The van der Waals surface area contributed by atoms with E-state index in [-0.39, 0.29) is 5.75 Å². The van der Waals surface area contributed by atoms with Crippen molar-refractivity contribution in [3.8, 4) is 5.75 Å². The van der Waals surface area contributed by atoms with Crippen molar-refractivity contribution in [2.24, 2.45) is 0 Å². The molecule has 6 nitrogen and oxygen atoms in total. The first kappa shape index (κ1) is 16.1. The van der Waals surface area contributed by atoms with Crippen molar-refractivity contribution in [3.05, 3.63) is 24.3 Å². The van der Waals surface area contributed by atoms with Crippen LogP contribution in [0.2, 0.25) is 0 Å². The highest BCUT2D eigenvalue weighted by Crippen LogP contribution is 2.20. The molecular weight excluding hydrogens is 292 g/mol. The van der Waals surface area contributed by atoms with Crippen LogP contribution in [0.1, 0.15) is 6.42 Å². The largest absolute Gasteiger partial charge is 0.497 e. The first-order valence-electron chi connectivity index (χ1n) is 7.04. The number of benzene rings is 1. The van der Waals surface area contributed by atoms with Gasteiger partial charge < -0.3 is 9.64 Å². The molecule has 0 radical (unpaired) electrons. The van der Waals surface area contributed by atoms with Crippen LogP contribution in [0.25, 0.3) is 0 Å². The zero-order valence-electron chi connectivity index (χ0n) is 12.2. The van der Waals surface area contributed by atoms with Gasteiger partial charge in [0.1, 0.15) is 5.75 Å². The Balaban J connectivity index is 1.77. The number of ether oxygens (including phenoxy) is 1. The summed E-state index contributed by atoms with van der Waals surface area (Å²) in [6.45, 7) is 4.33. The second-order valence-electron chi connectivity index (χ2n) is 5.17. The van der Waals surface area contributed by atoms with Gasteiger partial charge in [0.25, 0.3) is 10.1 Å². The minimum atomic E-state index is -3.83. The van der Waals surface area contributed by atoms with Gasteiger partial charge in [0.15, 0.2) is 0 Å². The Labute approximate surface area is 126 Å². The predicted octanol–water partition coefficient (Wildman–Crippen LogP) is 1.10. The van der Waals surface area contributed by atoms with Crippen LogP contribution < -0.4 is 9.64 Å². The Hall–Kier alpha value is -1.31. The molecule has 0 aliphatic carbocycles. The van der Waals surface area contributed by atoms with Crippen LogP contribution in [0.3, 0.4) is 0 Å². The number of anilines is 1. The molecule has 0 spiro atoms. The maximum absolute atomic E-state index is 10.7. The van der Waals surface area contributed by atoms with E-state index in [1.54, 1.807) is 7.11 Å². The average Bonchev–Trinajstić information content (AvgIpc) is 2.47. The van der Waals surface area contributed by atoms with E-state index < -0.39 is 10.1 Å². The van der Waals surface area contributed by atoms with E-state index in [0.29, 0.717) is 13.0 Å². The van der Waals surface area contributed by atoms with Crippen molar-refractivity contribution in [2.75, 3.05) is 50.5 Å². The summed E-state index contributed by atoms with van der Waals surface area (Å²) in [5, 5.41) is 0. The van der Waals surface area contributed by atoms with Crippen LogP contribution in [0.15, 0.2) is 24.3 Å². The Morgan fingerprint density at radius 3 is 2.29 bits per heavy atom. The molecule has 1 aliphatic rings. The van der Waals surface area contributed by atoms with Gasteiger partial charge in [-0.25, -0.2) is 0 Å². The molecule has 21 heavy (non-hydrogen) atoms. The van der Waals surface area contributed by atoms with Gasteiger partial charge in [0.05, 0.1) is 12.9 Å². The predicted molar refractivity (Wildman–Crippen MR) is 82.7 cm³/mol. The van der Waals surface area contributed by atoms with Crippen LogP contribution in [0.4, 0.5) is 5.69 Å². The molecule has 1 aromatic carbocycles. The van der Waals surface area contributed by atoms with Crippen LogP contribution in [0.5, 0.6) is 5.75 Å². The fraction of sp³-hybridized carbons (Fsp3) is 0.571. The van der Waals surface area contributed by atoms with Crippen molar-refractivity contribution >= 4 is 15.8 Å². The van der Waals surface area contributed by atoms with Crippen LogP contribution in [0, 0.1) is 0 Å². The van der Waals surface area contributed by atoms with Gasteiger partial charge in [0.2, 0.25) is 0 Å². The molecule has 0 aromatic heterocycles. The molecule has 1 saturated heterocycles. The topological polar surface area (TPSA) is 70.1 Å². The molecule has 1 aromatic rings. The minimum Gasteiger partial charge on any atom is -0.497 e. The van der Waals surface area contributed by atoms with Gasteiger partial charge in [-0.2, -0.15) is 8.42 Å². The molecule has 0 bridgehead atoms. The van der Waals surface area contributed by atoms with Crippen molar-refractivity contribution < 1.29 is 17.7 Å². The third-order valence-electron chi connectivity index (χ3n) is 3.69. The third-order valence-corrected chi connectivity index (χ3v) is 4.49. The number of hydrogen-bond acceptors (Lipinski definition) is 5. The Kier molecular flexibility index (Phi) is 5.44. The van der Waals surface area contributed by atoms with E-state index in [0.717, 1.165) is 31.9 Å². The second-order valence-corrected chi connectivity index (χ2v) is 6.74. The molecule has 118 valence electrons. The summed E-state index contributed by atoms with van der Waals surface area (Å²) >= 11 is 0. The number of nitrogens with zero attached hydrogens (tertiary/aromatic N) is 2. The summed E-state index contributed by atoms with van der Waals surface area (Å²) in [4.78, 5) is 4.53. The summed E-state index contributed by atoms with van der Waals surface area (Å²) in [5.41, 5.74) is 1.17. The minimum absolute atomic E-state index is 0.161. The second kappa shape index (κ2) is 7.11. The smallest absolute Gasteiger partial charge is 0.264 e. The normalized spacial score (nSPS) is 17.0. The summed E-state index contributed by atoms with van der Waals surface area (Å²) in [7, 11) is -2.18. The lowest BCUT2D eigenvalue weighted by Gasteiger charge is -2.36. The zero-order valence-corrected chi connectivity index (χ0v) is 13.1. The number of piperazine rings is 1. The fourth-order valence-corrected chi connectivity index (χ4v) is 2.99. The molecule has 1 aliphatic heterocycles. The molecule has 7 heteroatoms. The highest BCUT2D eigenvalue weighted by atomic mass is 32.2. The summed E-state index contributed by atoms with van der Waals surface area (Å²) in [6, 6.07) is 8.00. The van der Waals surface area contributed by atoms with E-state index in [9.17, 15) is 8.42 Å². The van der Waals surface area contributed by atoms with Gasteiger partial charge in [-0.05, 0) is 37.2 Å². The molecule has 0 saturated carbocycles. The van der Waals surface area contributed by atoms with E-state index in [1.807, 2.05) is 24.3 Å². The maximum Gasteiger partial charge on any atom is 0.264 e. The molecule has 2 rings (SSSR count). The standard InChI is InChI=1S/C14H22N2O4S/c1-20-14-5-3-13(4-6-14)16-10-8-15(9-11-16)7-2-12-21(17,18)19/h3-6H,2,7-12H2,1H3,(H,17,18,19). The lowest BCUT2D eigenvalue weighted by atomic mass is 10.2. The number of rotatable bonds is 6. The molecule has 1 fully saturated rings. The Morgan fingerprint density at radius 1 is 1.14 bits per heavy atom. The van der Waals surface area contributed by atoms with Crippen LogP contribution >= 0.6 is 0 Å². The highest BCUT2D eigenvalue weighted by Gasteiger charge is 2.17. The molecule has 0 atom stereocenters. The molecular formula is C14H22N2O4S. The van der Waals surface area contributed by atoms with E-state index in [1.165, 1.54) is 5.69 Å². The van der Waals surface area contributed by atoms with E-state index in [2.05, 4.69) is 9.80 Å². The van der Waals surface area contributed by atoms with E-state index in [4.69, 9.17) is 9.29 Å². The van der Waals surface area contributed by atoms with Crippen molar-refractivity contribution in [2.45, 2.75) is 6.42 Å². The first-order chi connectivity index (χ1) is 9.98. The van der Waals surface area contributed by atoms with Crippen molar-refractivity contribution in [1.29, 1.82) is 0 Å². The monoisotopic (exact) mass is 314 g/mol. The third kappa shape index (κ3) is 5.18. The average molecular weight is 314 g/mol. The van der Waals surface area contributed by atoms with Gasteiger partial charge >= 0.3 is 0 Å². The van der Waals surface area contributed by atoms with Gasteiger partial charge in [-0.15, -0.1) is 0 Å². The van der Waals surface area contributed by atoms with Crippen molar-refractivity contribution in [3.63, 3.8) is 0 Å². The lowest BCUT2D eigenvalue weighted by Crippen LogP contribution is -2.46. The van der Waals surface area contributed by atoms with E-state index >= 15 is 0 Å². The molecule has 1 N–H and O–H groups in total. The highest BCUT2D eigenvalue weighted by molar-refractivity contribution is 7.85. The SMILES string of the molecule is COc1ccc(N2CCN(CCCS(=O)(=O)O)CC2)cc1.